The van der Waals surface area contributed by atoms with Crippen LogP contribution in [-0.2, 0) is 6.42 Å². The van der Waals surface area contributed by atoms with Gasteiger partial charge < -0.3 is 15.4 Å². The number of aromatic nitrogens is 1. The summed E-state index contributed by atoms with van der Waals surface area (Å²) in [6.45, 7) is 2.81. The molecule has 2 aromatic carbocycles. The molecule has 0 bridgehead atoms. The largest absolute Gasteiger partial charge is 0.508 e. The van der Waals surface area contributed by atoms with Gasteiger partial charge in [0.1, 0.15) is 11.6 Å². The lowest BCUT2D eigenvalue weighted by Gasteiger charge is -2.15. The van der Waals surface area contributed by atoms with Crippen molar-refractivity contribution in [1.82, 2.24) is 10.3 Å². The van der Waals surface area contributed by atoms with Gasteiger partial charge >= 0.3 is 0 Å². The second kappa shape index (κ2) is 5.95. The molecule has 3 N–H and O–H groups in total. The lowest BCUT2D eigenvalue weighted by molar-refractivity contribution is 0.446. The highest BCUT2D eigenvalue weighted by atomic mass is 19.1. The summed E-state index contributed by atoms with van der Waals surface area (Å²) in [5.41, 5.74) is 3.82. The van der Waals surface area contributed by atoms with Crippen molar-refractivity contribution in [1.29, 1.82) is 0 Å². The number of phenolic OH excluding ortho intramolecular Hbond substituents is 1. The number of rotatable bonds is 4. The van der Waals surface area contributed by atoms with E-state index in [1.807, 2.05) is 13.1 Å². The maximum absolute atomic E-state index is 14.1. The second-order valence-electron chi connectivity index (χ2n) is 6.69. The SMILES string of the molecule is CC1CC(NCCc2ccc3[nH]ccc3c2)c2c(O)ccc(F)c21. The second-order valence-corrected chi connectivity index (χ2v) is 6.69. The first-order valence-electron chi connectivity index (χ1n) is 8.44. The number of hydrogen-bond donors (Lipinski definition) is 3. The monoisotopic (exact) mass is 324 g/mol. The van der Waals surface area contributed by atoms with Crippen LogP contribution in [0.4, 0.5) is 4.39 Å². The van der Waals surface area contributed by atoms with Crippen LogP contribution in [0.5, 0.6) is 5.75 Å². The number of H-pyrrole nitrogens is 1. The molecular formula is C20H21FN2O. The molecule has 4 rings (SSSR count). The molecule has 0 fully saturated rings. The quantitative estimate of drug-likeness (QED) is 0.666. The molecule has 0 spiro atoms. The van der Waals surface area contributed by atoms with Gasteiger partial charge in [0.2, 0.25) is 0 Å². The van der Waals surface area contributed by atoms with Gasteiger partial charge in [0.15, 0.2) is 0 Å². The molecule has 1 aliphatic rings. The fourth-order valence-electron chi connectivity index (χ4n) is 3.89. The molecule has 2 atom stereocenters. The van der Waals surface area contributed by atoms with Gasteiger partial charge in [-0.25, -0.2) is 4.39 Å². The summed E-state index contributed by atoms with van der Waals surface area (Å²) in [6, 6.07) is 11.3. The van der Waals surface area contributed by atoms with Crippen LogP contribution in [0, 0.1) is 5.82 Å². The lowest BCUT2D eigenvalue weighted by atomic mass is 10.0. The Balaban J connectivity index is 1.47. The number of aromatic hydroxyl groups is 1. The summed E-state index contributed by atoms with van der Waals surface area (Å²) in [7, 11) is 0. The van der Waals surface area contributed by atoms with E-state index in [0.717, 1.165) is 30.5 Å². The van der Waals surface area contributed by atoms with E-state index >= 15 is 0 Å². The fraction of sp³-hybridized carbons (Fsp3) is 0.300. The Labute approximate surface area is 140 Å². The molecule has 4 heteroatoms. The number of nitrogens with one attached hydrogen (secondary N) is 2. The molecule has 1 heterocycles. The summed E-state index contributed by atoms with van der Waals surface area (Å²) in [5, 5.41) is 14.9. The van der Waals surface area contributed by atoms with E-state index in [-0.39, 0.29) is 23.5 Å². The summed E-state index contributed by atoms with van der Waals surface area (Å²) in [4.78, 5) is 3.20. The Bertz CT molecular complexity index is 886. The van der Waals surface area contributed by atoms with Crippen molar-refractivity contribution < 1.29 is 9.50 Å². The maximum atomic E-state index is 14.1. The van der Waals surface area contributed by atoms with Gasteiger partial charge in [-0.3, -0.25) is 0 Å². The van der Waals surface area contributed by atoms with Crippen LogP contribution in [0.1, 0.15) is 42.0 Å². The topological polar surface area (TPSA) is 48.0 Å². The highest BCUT2D eigenvalue weighted by molar-refractivity contribution is 5.79. The third kappa shape index (κ3) is 2.57. The molecule has 0 saturated heterocycles. The molecule has 24 heavy (non-hydrogen) atoms. The van der Waals surface area contributed by atoms with Crippen LogP contribution >= 0.6 is 0 Å². The van der Waals surface area contributed by atoms with Crippen molar-refractivity contribution in [3.8, 4) is 5.75 Å². The Morgan fingerprint density at radius 1 is 1.21 bits per heavy atom. The molecule has 2 unspecified atom stereocenters. The van der Waals surface area contributed by atoms with Crippen LogP contribution in [0.2, 0.25) is 0 Å². The van der Waals surface area contributed by atoms with Crippen molar-refractivity contribution in [3.63, 3.8) is 0 Å². The zero-order chi connectivity index (χ0) is 16.7. The maximum Gasteiger partial charge on any atom is 0.127 e. The van der Waals surface area contributed by atoms with E-state index in [9.17, 15) is 9.50 Å². The van der Waals surface area contributed by atoms with Crippen molar-refractivity contribution in [3.05, 3.63) is 65.1 Å². The van der Waals surface area contributed by atoms with E-state index in [4.69, 9.17) is 0 Å². The number of aromatic amines is 1. The van der Waals surface area contributed by atoms with Crippen molar-refractivity contribution in [2.24, 2.45) is 0 Å². The third-order valence-corrected chi connectivity index (χ3v) is 5.06. The highest BCUT2D eigenvalue weighted by Crippen LogP contribution is 2.45. The Morgan fingerprint density at radius 3 is 2.96 bits per heavy atom. The minimum Gasteiger partial charge on any atom is -0.508 e. The van der Waals surface area contributed by atoms with Crippen molar-refractivity contribution in [2.45, 2.75) is 31.7 Å². The zero-order valence-corrected chi connectivity index (χ0v) is 13.6. The molecule has 1 aromatic heterocycles. The molecule has 0 amide bonds. The lowest BCUT2D eigenvalue weighted by Crippen LogP contribution is -2.22. The van der Waals surface area contributed by atoms with Gasteiger partial charge in [0.25, 0.3) is 0 Å². The Morgan fingerprint density at radius 2 is 2.08 bits per heavy atom. The van der Waals surface area contributed by atoms with Crippen LogP contribution in [0.3, 0.4) is 0 Å². The summed E-state index contributed by atoms with van der Waals surface area (Å²) in [5.74, 6) is 0.111. The van der Waals surface area contributed by atoms with E-state index in [0.29, 0.717) is 5.56 Å². The fourth-order valence-corrected chi connectivity index (χ4v) is 3.89. The third-order valence-electron chi connectivity index (χ3n) is 5.06. The first kappa shape index (κ1) is 15.2. The van der Waals surface area contributed by atoms with E-state index in [1.165, 1.54) is 23.1 Å². The van der Waals surface area contributed by atoms with Crippen LogP contribution in [0.25, 0.3) is 10.9 Å². The molecule has 0 aliphatic heterocycles. The molecule has 3 nitrogen and oxygen atoms in total. The minimum atomic E-state index is -0.211. The highest BCUT2D eigenvalue weighted by Gasteiger charge is 2.32. The average molecular weight is 324 g/mol. The zero-order valence-electron chi connectivity index (χ0n) is 13.6. The summed E-state index contributed by atoms with van der Waals surface area (Å²) >= 11 is 0. The standard InChI is InChI=1S/C20H21FN2O/c1-12-10-17(20-18(24)5-3-15(21)19(12)20)23-8-6-13-2-4-16-14(11-13)7-9-22-16/h2-5,7,9,11-12,17,22-24H,6,8,10H2,1H3. The normalized spacial score (nSPS) is 19.8. The molecule has 124 valence electrons. The summed E-state index contributed by atoms with van der Waals surface area (Å²) < 4.78 is 14.1. The minimum absolute atomic E-state index is 0.0155. The van der Waals surface area contributed by atoms with Gasteiger partial charge in [-0.05, 0) is 72.1 Å². The first-order chi connectivity index (χ1) is 11.6. The molecular weight excluding hydrogens is 303 g/mol. The van der Waals surface area contributed by atoms with Crippen molar-refractivity contribution in [2.75, 3.05) is 6.54 Å². The predicted molar refractivity (Wildman–Crippen MR) is 93.8 cm³/mol. The molecule has 0 saturated carbocycles. The Hall–Kier alpha value is -2.33. The van der Waals surface area contributed by atoms with Gasteiger partial charge in [0.05, 0.1) is 0 Å². The smallest absolute Gasteiger partial charge is 0.127 e. The van der Waals surface area contributed by atoms with E-state index in [1.54, 1.807) is 0 Å². The van der Waals surface area contributed by atoms with Crippen molar-refractivity contribution >= 4 is 10.9 Å². The number of phenols is 1. The van der Waals surface area contributed by atoms with Gasteiger partial charge in [-0.1, -0.05) is 13.0 Å². The van der Waals surface area contributed by atoms with E-state index in [2.05, 4.69) is 34.6 Å². The predicted octanol–water partition coefficient (Wildman–Crippen LogP) is 4.39. The molecule has 3 aromatic rings. The van der Waals surface area contributed by atoms with Gasteiger partial charge in [-0.15, -0.1) is 0 Å². The van der Waals surface area contributed by atoms with Crippen LogP contribution in [0.15, 0.2) is 42.6 Å². The van der Waals surface area contributed by atoms with Gasteiger partial charge in [0, 0.05) is 23.3 Å². The van der Waals surface area contributed by atoms with Gasteiger partial charge in [-0.2, -0.15) is 0 Å². The Kier molecular flexibility index (Phi) is 3.77. The average Bonchev–Trinajstić information content (AvgIpc) is 3.16. The number of halogens is 1. The molecule has 1 aliphatic carbocycles. The first-order valence-corrected chi connectivity index (χ1v) is 8.44. The summed E-state index contributed by atoms with van der Waals surface area (Å²) in [6.07, 6.45) is 3.67. The van der Waals surface area contributed by atoms with Crippen LogP contribution < -0.4 is 5.32 Å². The number of benzene rings is 2. The van der Waals surface area contributed by atoms with E-state index < -0.39 is 0 Å². The molecule has 0 radical (unpaired) electrons. The van der Waals surface area contributed by atoms with Crippen LogP contribution in [-0.4, -0.2) is 16.6 Å². The number of hydrogen-bond acceptors (Lipinski definition) is 2. The number of fused-ring (bicyclic) bond motifs is 2.